The molecule has 1 aliphatic rings. The van der Waals surface area contributed by atoms with E-state index in [4.69, 9.17) is 4.74 Å². The van der Waals surface area contributed by atoms with Crippen LogP contribution >= 0.6 is 11.3 Å². The topological polar surface area (TPSA) is 75.3 Å². The highest BCUT2D eigenvalue weighted by Crippen LogP contribution is 2.15. The molecular formula is C17H21N3O3S. The molecule has 2 aromatic rings. The number of amides is 1. The average molecular weight is 347 g/mol. The zero-order chi connectivity index (χ0) is 16.8. The fourth-order valence-corrected chi connectivity index (χ4v) is 3.53. The molecule has 1 unspecified atom stereocenters. The Labute approximate surface area is 144 Å². The third kappa shape index (κ3) is 4.75. The second-order valence-corrected chi connectivity index (χ2v) is 6.89. The van der Waals surface area contributed by atoms with Crippen LogP contribution in [0.3, 0.4) is 0 Å². The predicted molar refractivity (Wildman–Crippen MR) is 92.1 cm³/mol. The van der Waals surface area contributed by atoms with Crippen molar-refractivity contribution < 1.29 is 9.53 Å². The van der Waals surface area contributed by atoms with E-state index in [9.17, 15) is 9.59 Å². The maximum atomic E-state index is 12.4. The van der Waals surface area contributed by atoms with Crippen LogP contribution in [-0.2, 0) is 22.4 Å². The number of rotatable bonds is 6. The molecule has 0 radical (unpaired) electrons. The summed E-state index contributed by atoms with van der Waals surface area (Å²) in [4.78, 5) is 33.4. The van der Waals surface area contributed by atoms with Gasteiger partial charge in [0.15, 0.2) is 0 Å². The number of carbonyl (C=O) groups excluding carboxylic acids is 1. The minimum atomic E-state index is -0.144. The van der Waals surface area contributed by atoms with Gasteiger partial charge in [0.25, 0.3) is 5.56 Å². The number of nitrogens with zero attached hydrogens (tertiary/aromatic N) is 2. The minimum absolute atomic E-state index is 0.00512. The summed E-state index contributed by atoms with van der Waals surface area (Å²) in [6.45, 7) is 1.84. The van der Waals surface area contributed by atoms with E-state index >= 15 is 0 Å². The van der Waals surface area contributed by atoms with Crippen LogP contribution in [0, 0.1) is 0 Å². The molecule has 0 saturated carbocycles. The lowest BCUT2D eigenvalue weighted by molar-refractivity contribution is -0.138. The van der Waals surface area contributed by atoms with Crippen LogP contribution in [0.1, 0.15) is 23.4 Å². The molecule has 2 aromatic heterocycles. The lowest BCUT2D eigenvalue weighted by atomic mass is 10.1. The normalized spacial score (nSPS) is 17.8. The van der Waals surface area contributed by atoms with Crippen LogP contribution in [0.15, 0.2) is 34.7 Å². The van der Waals surface area contributed by atoms with Crippen molar-refractivity contribution in [2.24, 2.45) is 0 Å². The van der Waals surface area contributed by atoms with Gasteiger partial charge >= 0.3 is 0 Å². The fourth-order valence-electron chi connectivity index (χ4n) is 2.82. The third-order valence-electron chi connectivity index (χ3n) is 4.11. The van der Waals surface area contributed by atoms with Gasteiger partial charge in [-0.25, -0.2) is 4.98 Å². The Balaban J connectivity index is 1.46. The number of ether oxygens (including phenoxy) is 1. The van der Waals surface area contributed by atoms with Gasteiger partial charge in [-0.3, -0.25) is 9.59 Å². The van der Waals surface area contributed by atoms with E-state index in [-0.39, 0.29) is 17.6 Å². The van der Waals surface area contributed by atoms with Gasteiger partial charge in [-0.05, 0) is 30.7 Å². The van der Waals surface area contributed by atoms with E-state index in [2.05, 4.69) is 16.0 Å². The molecule has 0 aliphatic carbocycles. The zero-order valence-electron chi connectivity index (χ0n) is 13.4. The lowest BCUT2D eigenvalue weighted by Gasteiger charge is -2.33. The summed E-state index contributed by atoms with van der Waals surface area (Å²) >= 11 is 1.69. The molecular weight excluding hydrogens is 326 g/mol. The van der Waals surface area contributed by atoms with Crippen LogP contribution in [0.4, 0.5) is 0 Å². The van der Waals surface area contributed by atoms with E-state index in [1.807, 2.05) is 16.3 Å². The van der Waals surface area contributed by atoms with Crippen LogP contribution in [0.5, 0.6) is 0 Å². The molecule has 128 valence electrons. The molecule has 1 atom stereocenters. The number of H-pyrrole nitrogens is 1. The number of carbonyl (C=O) groups is 1. The zero-order valence-corrected chi connectivity index (χ0v) is 14.3. The maximum absolute atomic E-state index is 12.4. The van der Waals surface area contributed by atoms with Gasteiger partial charge in [0, 0.05) is 36.1 Å². The van der Waals surface area contributed by atoms with Gasteiger partial charge in [-0.1, -0.05) is 6.07 Å². The van der Waals surface area contributed by atoms with Crippen LogP contribution in [-0.4, -0.2) is 46.6 Å². The first-order valence-corrected chi connectivity index (χ1v) is 9.04. The van der Waals surface area contributed by atoms with E-state index < -0.39 is 0 Å². The first-order chi connectivity index (χ1) is 11.7. The molecule has 1 saturated heterocycles. The van der Waals surface area contributed by atoms with Crippen molar-refractivity contribution in [1.29, 1.82) is 0 Å². The van der Waals surface area contributed by atoms with Crippen LogP contribution in [0.25, 0.3) is 0 Å². The number of hydrogen-bond donors (Lipinski definition) is 1. The van der Waals surface area contributed by atoms with Crippen molar-refractivity contribution in [3.63, 3.8) is 0 Å². The molecule has 0 spiro atoms. The highest BCUT2D eigenvalue weighted by atomic mass is 32.1. The Kier molecular flexibility index (Phi) is 5.77. The van der Waals surface area contributed by atoms with Crippen molar-refractivity contribution in [3.8, 4) is 0 Å². The summed E-state index contributed by atoms with van der Waals surface area (Å²) in [7, 11) is 0. The van der Waals surface area contributed by atoms with Gasteiger partial charge in [-0.15, -0.1) is 11.3 Å². The summed E-state index contributed by atoms with van der Waals surface area (Å²) in [5.41, 5.74) is 0.610. The standard InChI is InChI=1S/C17H21N3O3S/c21-16-10-13(18-12-19-16)3-4-14-11-20(7-8-23-14)17(22)6-5-15-2-1-9-24-15/h1-2,9-10,12,14H,3-8,11H2,(H,18,19,21). The first-order valence-electron chi connectivity index (χ1n) is 8.16. The third-order valence-corrected chi connectivity index (χ3v) is 5.05. The maximum Gasteiger partial charge on any atom is 0.250 e. The summed E-state index contributed by atoms with van der Waals surface area (Å²) in [5.74, 6) is 0.186. The van der Waals surface area contributed by atoms with Crippen molar-refractivity contribution >= 4 is 17.2 Å². The molecule has 1 N–H and O–H groups in total. The van der Waals surface area contributed by atoms with Crippen molar-refractivity contribution in [3.05, 3.63) is 50.8 Å². The summed E-state index contributed by atoms with van der Waals surface area (Å²) in [6.07, 6.45) is 4.19. The van der Waals surface area contributed by atoms with Crippen molar-refractivity contribution in [2.75, 3.05) is 19.7 Å². The van der Waals surface area contributed by atoms with Gasteiger partial charge in [-0.2, -0.15) is 0 Å². The molecule has 1 amide bonds. The van der Waals surface area contributed by atoms with E-state index in [1.165, 1.54) is 17.3 Å². The molecule has 3 heterocycles. The van der Waals surface area contributed by atoms with E-state index in [0.29, 0.717) is 32.5 Å². The van der Waals surface area contributed by atoms with Crippen molar-refractivity contribution in [1.82, 2.24) is 14.9 Å². The molecule has 1 aliphatic heterocycles. The lowest BCUT2D eigenvalue weighted by Crippen LogP contribution is -2.45. The Morgan fingerprint density at radius 3 is 3.17 bits per heavy atom. The molecule has 6 nitrogen and oxygen atoms in total. The van der Waals surface area contributed by atoms with E-state index in [0.717, 1.165) is 18.5 Å². The number of nitrogens with one attached hydrogen (secondary N) is 1. The minimum Gasteiger partial charge on any atom is -0.375 e. The highest BCUT2D eigenvalue weighted by Gasteiger charge is 2.24. The smallest absolute Gasteiger partial charge is 0.250 e. The van der Waals surface area contributed by atoms with E-state index in [1.54, 1.807) is 11.3 Å². The van der Waals surface area contributed by atoms with Crippen LogP contribution < -0.4 is 5.56 Å². The van der Waals surface area contributed by atoms with Gasteiger partial charge in [0.05, 0.1) is 19.0 Å². The number of morpholine rings is 1. The SMILES string of the molecule is O=C(CCc1cccs1)N1CCOC(CCc2cc(=O)[nH]cn2)C1. The quantitative estimate of drug-likeness (QED) is 0.862. The Morgan fingerprint density at radius 1 is 1.46 bits per heavy atom. The largest absolute Gasteiger partial charge is 0.375 e. The highest BCUT2D eigenvalue weighted by molar-refractivity contribution is 7.09. The predicted octanol–water partition coefficient (Wildman–Crippen LogP) is 1.62. The Hall–Kier alpha value is -1.99. The molecule has 0 bridgehead atoms. The second kappa shape index (κ2) is 8.21. The molecule has 3 rings (SSSR count). The second-order valence-electron chi connectivity index (χ2n) is 5.85. The van der Waals surface area contributed by atoms with Gasteiger partial charge in [0.2, 0.25) is 5.91 Å². The molecule has 7 heteroatoms. The molecule has 1 fully saturated rings. The number of aromatic amines is 1. The summed E-state index contributed by atoms with van der Waals surface area (Å²) in [6, 6.07) is 5.58. The van der Waals surface area contributed by atoms with Gasteiger partial charge in [0.1, 0.15) is 0 Å². The Morgan fingerprint density at radius 2 is 2.38 bits per heavy atom. The average Bonchev–Trinajstić information content (AvgIpc) is 3.12. The fraction of sp³-hybridized carbons (Fsp3) is 0.471. The first kappa shape index (κ1) is 16.9. The van der Waals surface area contributed by atoms with Gasteiger partial charge < -0.3 is 14.6 Å². The summed E-state index contributed by atoms with van der Waals surface area (Å²) in [5, 5.41) is 2.03. The Bertz CT molecular complexity index is 714. The molecule has 0 aromatic carbocycles. The number of thiophene rings is 1. The number of aromatic nitrogens is 2. The molecule has 24 heavy (non-hydrogen) atoms. The van der Waals surface area contributed by atoms with Crippen molar-refractivity contribution in [2.45, 2.75) is 31.8 Å². The van der Waals surface area contributed by atoms with Crippen LogP contribution in [0.2, 0.25) is 0 Å². The number of aryl methyl sites for hydroxylation is 2. The summed E-state index contributed by atoms with van der Waals surface area (Å²) < 4.78 is 5.76. The monoisotopic (exact) mass is 347 g/mol. The number of hydrogen-bond acceptors (Lipinski definition) is 5.